The monoisotopic (exact) mass is 266 g/mol. The van der Waals surface area contributed by atoms with Gasteiger partial charge in [-0.3, -0.25) is 0 Å². The first-order valence-electron chi connectivity index (χ1n) is 6.98. The number of aliphatic hydroxyl groups excluding tert-OH is 1. The van der Waals surface area contributed by atoms with Gasteiger partial charge in [-0.05, 0) is 44.9 Å². The van der Waals surface area contributed by atoms with Crippen molar-refractivity contribution < 1.29 is 9.50 Å². The van der Waals surface area contributed by atoms with Gasteiger partial charge in [-0.25, -0.2) is 4.39 Å². The standard InChI is InChI=1S/C15H23FN2O/c1-11(17-2)15-13(16)6-3-7-14(15)18-8-4-5-12(9-18)10-19/h3,6-7,11-12,17,19H,4-5,8-10H2,1-2H3. The number of hydrogen-bond acceptors (Lipinski definition) is 3. The number of nitrogens with zero attached hydrogens (tertiary/aromatic N) is 1. The van der Waals surface area contributed by atoms with Crippen LogP contribution in [0.5, 0.6) is 0 Å². The molecule has 0 bridgehead atoms. The lowest BCUT2D eigenvalue weighted by Gasteiger charge is -2.35. The Kier molecular flexibility index (Phi) is 4.77. The molecule has 1 fully saturated rings. The fourth-order valence-corrected chi connectivity index (χ4v) is 2.81. The van der Waals surface area contributed by atoms with E-state index in [4.69, 9.17) is 0 Å². The van der Waals surface area contributed by atoms with Gasteiger partial charge < -0.3 is 15.3 Å². The van der Waals surface area contributed by atoms with Crippen LogP contribution < -0.4 is 10.2 Å². The van der Waals surface area contributed by atoms with Crippen LogP contribution in [0, 0.1) is 11.7 Å². The lowest BCUT2D eigenvalue weighted by molar-refractivity contribution is 0.208. The lowest BCUT2D eigenvalue weighted by Crippen LogP contribution is -2.38. The first-order valence-corrected chi connectivity index (χ1v) is 6.98. The van der Waals surface area contributed by atoms with Gasteiger partial charge in [0.25, 0.3) is 0 Å². The normalized spacial score (nSPS) is 21.5. The van der Waals surface area contributed by atoms with Gasteiger partial charge in [0.15, 0.2) is 0 Å². The minimum absolute atomic E-state index is 0.0225. The Morgan fingerprint density at radius 3 is 3.00 bits per heavy atom. The summed E-state index contributed by atoms with van der Waals surface area (Å²) in [5.74, 6) is 0.139. The van der Waals surface area contributed by atoms with E-state index in [1.165, 1.54) is 6.07 Å². The summed E-state index contributed by atoms with van der Waals surface area (Å²) in [5.41, 5.74) is 1.68. The number of rotatable bonds is 4. The second kappa shape index (κ2) is 6.35. The van der Waals surface area contributed by atoms with Crippen LogP contribution in [0.3, 0.4) is 0 Å². The van der Waals surface area contributed by atoms with Gasteiger partial charge in [-0.1, -0.05) is 6.07 Å². The van der Waals surface area contributed by atoms with Crippen LogP contribution in [0.25, 0.3) is 0 Å². The summed E-state index contributed by atoms with van der Waals surface area (Å²) in [4.78, 5) is 2.20. The molecule has 1 aromatic carbocycles. The highest BCUT2D eigenvalue weighted by Crippen LogP contribution is 2.31. The summed E-state index contributed by atoms with van der Waals surface area (Å²) >= 11 is 0. The third-order valence-electron chi connectivity index (χ3n) is 4.01. The largest absolute Gasteiger partial charge is 0.396 e. The second-order valence-corrected chi connectivity index (χ2v) is 5.32. The van der Waals surface area contributed by atoms with Crippen molar-refractivity contribution in [1.29, 1.82) is 0 Å². The van der Waals surface area contributed by atoms with E-state index in [2.05, 4.69) is 10.2 Å². The van der Waals surface area contributed by atoms with Gasteiger partial charge >= 0.3 is 0 Å². The SMILES string of the molecule is CNC(C)c1c(F)cccc1N1CCCC(CO)C1. The molecule has 1 heterocycles. The van der Waals surface area contributed by atoms with Gasteiger partial charge in [-0.2, -0.15) is 0 Å². The molecule has 3 nitrogen and oxygen atoms in total. The first kappa shape index (κ1) is 14.3. The van der Waals surface area contributed by atoms with Crippen molar-refractivity contribution in [3.63, 3.8) is 0 Å². The summed E-state index contributed by atoms with van der Waals surface area (Å²) in [5, 5.41) is 12.4. The lowest BCUT2D eigenvalue weighted by atomic mass is 9.96. The van der Waals surface area contributed by atoms with Crippen LogP contribution in [0.15, 0.2) is 18.2 Å². The maximum atomic E-state index is 14.1. The Morgan fingerprint density at radius 1 is 1.53 bits per heavy atom. The molecular formula is C15H23FN2O. The molecule has 0 aliphatic carbocycles. The Labute approximate surface area is 114 Å². The van der Waals surface area contributed by atoms with Crippen LogP contribution in [0.4, 0.5) is 10.1 Å². The Bertz CT molecular complexity index is 425. The van der Waals surface area contributed by atoms with Gasteiger partial charge in [0.2, 0.25) is 0 Å². The van der Waals surface area contributed by atoms with Gasteiger partial charge in [0, 0.05) is 37.0 Å². The maximum absolute atomic E-state index is 14.1. The van der Waals surface area contributed by atoms with Gasteiger partial charge in [0.05, 0.1) is 0 Å². The molecule has 1 aromatic rings. The zero-order valence-electron chi connectivity index (χ0n) is 11.7. The molecule has 2 atom stereocenters. The third kappa shape index (κ3) is 3.07. The molecule has 2 rings (SSSR count). The molecule has 2 N–H and O–H groups in total. The third-order valence-corrected chi connectivity index (χ3v) is 4.01. The van der Waals surface area contributed by atoms with Crippen LogP contribution in [0.1, 0.15) is 31.4 Å². The van der Waals surface area contributed by atoms with Crippen LogP contribution in [-0.4, -0.2) is 31.9 Å². The molecule has 0 amide bonds. The summed E-state index contributed by atoms with van der Waals surface area (Å²) in [7, 11) is 1.84. The van der Waals surface area contributed by atoms with Crippen molar-refractivity contribution in [2.45, 2.75) is 25.8 Å². The average Bonchev–Trinajstić information content (AvgIpc) is 2.46. The van der Waals surface area contributed by atoms with Gasteiger partial charge in [-0.15, -0.1) is 0 Å². The highest BCUT2D eigenvalue weighted by atomic mass is 19.1. The molecule has 1 aliphatic rings. The van der Waals surface area contributed by atoms with E-state index < -0.39 is 0 Å². The van der Waals surface area contributed by atoms with Crippen LogP contribution in [0.2, 0.25) is 0 Å². The number of piperidine rings is 1. The first-order chi connectivity index (χ1) is 9.17. The smallest absolute Gasteiger partial charge is 0.130 e. The fourth-order valence-electron chi connectivity index (χ4n) is 2.81. The number of halogens is 1. The quantitative estimate of drug-likeness (QED) is 0.878. The topological polar surface area (TPSA) is 35.5 Å². The Hall–Kier alpha value is -1.13. The van der Waals surface area contributed by atoms with E-state index in [1.807, 2.05) is 20.0 Å². The van der Waals surface area contributed by atoms with Crippen molar-refractivity contribution in [2.24, 2.45) is 5.92 Å². The molecule has 1 saturated heterocycles. The minimum Gasteiger partial charge on any atom is -0.396 e. The van der Waals surface area contributed by atoms with Crippen molar-refractivity contribution in [3.05, 3.63) is 29.6 Å². The summed E-state index contributed by atoms with van der Waals surface area (Å²) in [6, 6.07) is 5.23. The highest BCUT2D eigenvalue weighted by Gasteiger charge is 2.24. The van der Waals surface area contributed by atoms with Crippen molar-refractivity contribution >= 4 is 5.69 Å². The summed E-state index contributed by atoms with van der Waals surface area (Å²) in [6.45, 7) is 3.92. The maximum Gasteiger partial charge on any atom is 0.130 e. The fraction of sp³-hybridized carbons (Fsp3) is 0.600. The number of nitrogens with one attached hydrogen (secondary N) is 1. The number of anilines is 1. The summed E-state index contributed by atoms with van der Waals surface area (Å²) < 4.78 is 14.1. The molecule has 0 saturated carbocycles. The van der Waals surface area contributed by atoms with Crippen molar-refractivity contribution in [1.82, 2.24) is 5.32 Å². The van der Waals surface area contributed by atoms with Crippen LogP contribution in [-0.2, 0) is 0 Å². The minimum atomic E-state index is -0.162. The van der Waals surface area contributed by atoms with E-state index in [0.717, 1.165) is 37.2 Å². The molecule has 1 aliphatic heterocycles. The predicted octanol–water partition coefficient (Wildman–Crippen LogP) is 2.31. The van der Waals surface area contributed by atoms with Crippen molar-refractivity contribution in [3.8, 4) is 0 Å². The number of benzene rings is 1. The second-order valence-electron chi connectivity index (χ2n) is 5.32. The van der Waals surface area contributed by atoms with E-state index >= 15 is 0 Å². The Morgan fingerprint density at radius 2 is 2.32 bits per heavy atom. The van der Waals surface area contributed by atoms with Crippen LogP contribution >= 0.6 is 0 Å². The molecule has 4 heteroatoms. The molecule has 106 valence electrons. The van der Waals surface area contributed by atoms with E-state index in [1.54, 1.807) is 6.07 Å². The van der Waals surface area contributed by atoms with E-state index in [9.17, 15) is 9.50 Å². The average molecular weight is 266 g/mol. The molecule has 19 heavy (non-hydrogen) atoms. The van der Waals surface area contributed by atoms with Gasteiger partial charge in [0.1, 0.15) is 5.82 Å². The summed E-state index contributed by atoms with van der Waals surface area (Å²) in [6.07, 6.45) is 2.11. The zero-order chi connectivity index (χ0) is 13.8. The molecule has 0 spiro atoms. The predicted molar refractivity (Wildman–Crippen MR) is 75.9 cm³/mol. The molecular weight excluding hydrogens is 243 g/mol. The zero-order valence-corrected chi connectivity index (χ0v) is 11.7. The highest BCUT2D eigenvalue weighted by molar-refractivity contribution is 5.56. The molecule has 0 aromatic heterocycles. The molecule has 2 unspecified atom stereocenters. The number of hydrogen-bond donors (Lipinski definition) is 2. The Balaban J connectivity index is 2.30. The van der Waals surface area contributed by atoms with Crippen molar-refractivity contribution in [2.75, 3.05) is 31.6 Å². The van der Waals surface area contributed by atoms with E-state index in [-0.39, 0.29) is 18.5 Å². The number of aliphatic hydroxyl groups is 1. The molecule has 0 radical (unpaired) electrons. The van der Waals surface area contributed by atoms with E-state index in [0.29, 0.717) is 5.92 Å².